The van der Waals surface area contributed by atoms with Crippen LogP contribution in [-0.4, -0.2) is 42.5 Å². The van der Waals surface area contributed by atoms with E-state index in [0.29, 0.717) is 13.2 Å². The van der Waals surface area contributed by atoms with E-state index in [1.54, 1.807) is 16.2 Å². The molecule has 0 saturated carbocycles. The van der Waals surface area contributed by atoms with Crippen LogP contribution in [0.2, 0.25) is 0 Å². The van der Waals surface area contributed by atoms with Crippen LogP contribution in [0.3, 0.4) is 0 Å². The van der Waals surface area contributed by atoms with Crippen LogP contribution in [0.5, 0.6) is 0 Å². The average Bonchev–Trinajstić information content (AvgIpc) is 2.88. The molecule has 2 heterocycles. The molecule has 0 spiro atoms. The molecule has 0 radical (unpaired) electrons. The molecule has 0 aliphatic carbocycles. The van der Waals surface area contributed by atoms with Crippen molar-refractivity contribution in [1.82, 2.24) is 10.2 Å². The van der Waals surface area contributed by atoms with E-state index in [4.69, 9.17) is 4.74 Å². The quantitative estimate of drug-likeness (QED) is 0.922. The van der Waals surface area contributed by atoms with Gasteiger partial charge >= 0.3 is 0 Å². The van der Waals surface area contributed by atoms with Crippen LogP contribution >= 0.6 is 11.3 Å². The summed E-state index contributed by atoms with van der Waals surface area (Å²) in [6.45, 7) is 8.93. The van der Waals surface area contributed by atoms with Gasteiger partial charge in [-0.1, -0.05) is 6.92 Å². The van der Waals surface area contributed by atoms with Crippen LogP contribution in [0.25, 0.3) is 0 Å². The lowest BCUT2D eigenvalue weighted by Crippen LogP contribution is -2.55. The third-order valence-electron chi connectivity index (χ3n) is 3.98. The Morgan fingerprint density at radius 3 is 2.86 bits per heavy atom. The number of amides is 2. The zero-order chi connectivity index (χ0) is 16.3. The number of carbonyl (C=O) groups excluding carboxylic acids is 2. The zero-order valence-corrected chi connectivity index (χ0v) is 14.5. The van der Waals surface area contributed by atoms with E-state index in [0.717, 1.165) is 11.3 Å². The van der Waals surface area contributed by atoms with Crippen molar-refractivity contribution in [3.8, 4) is 0 Å². The Morgan fingerprint density at radius 2 is 2.27 bits per heavy atom. The van der Waals surface area contributed by atoms with E-state index in [2.05, 4.69) is 25.2 Å². The summed E-state index contributed by atoms with van der Waals surface area (Å²) in [7, 11) is 0. The summed E-state index contributed by atoms with van der Waals surface area (Å²) in [5.41, 5.74) is 1.27. The molecule has 1 aliphatic rings. The number of morpholine rings is 1. The highest BCUT2D eigenvalue weighted by atomic mass is 32.1. The molecule has 1 N–H and O–H groups in total. The van der Waals surface area contributed by atoms with Crippen LogP contribution in [0.15, 0.2) is 6.07 Å². The van der Waals surface area contributed by atoms with Gasteiger partial charge in [0.15, 0.2) is 0 Å². The molecule has 6 heteroatoms. The highest BCUT2D eigenvalue weighted by molar-refractivity contribution is 7.12. The first-order chi connectivity index (χ1) is 10.4. The van der Waals surface area contributed by atoms with Crippen LogP contribution in [0.1, 0.15) is 42.1 Å². The SMILES string of the molecule is CCc1sc([C@@H](C)NC(=O)[C@@H]2COCCN2C(C)=O)cc1C. The Labute approximate surface area is 135 Å². The van der Waals surface area contributed by atoms with Crippen LogP contribution in [-0.2, 0) is 20.7 Å². The predicted molar refractivity (Wildman–Crippen MR) is 87.0 cm³/mol. The number of hydrogen-bond acceptors (Lipinski definition) is 4. The van der Waals surface area contributed by atoms with Crippen molar-refractivity contribution in [1.29, 1.82) is 0 Å². The number of hydrogen-bond donors (Lipinski definition) is 1. The molecule has 1 fully saturated rings. The Bertz CT molecular complexity index is 556. The maximum Gasteiger partial charge on any atom is 0.245 e. The molecule has 1 aliphatic heterocycles. The predicted octanol–water partition coefficient (Wildman–Crippen LogP) is 2.04. The number of aryl methyl sites for hydroxylation is 2. The fraction of sp³-hybridized carbons (Fsp3) is 0.625. The normalized spacial score (nSPS) is 19.8. The van der Waals surface area contributed by atoms with E-state index < -0.39 is 6.04 Å². The summed E-state index contributed by atoms with van der Waals surface area (Å²) in [5, 5.41) is 3.01. The van der Waals surface area contributed by atoms with E-state index in [-0.39, 0.29) is 24.5 Å². The summed E-state index contributed by atoms with van der Waals surface area (Å²) in [5.74, 6) is -0.233. The van der Waals surface area contributed by atoms with Gasteiger partial charge in [-0.3, -0.25) is 9.59 Å². The van der Waals surface area contributed by atoms with Gasteiger partial charge in [-0.2, -0.15) is 0 Å². The molecule has 122 valence electrons. The van der Waals surface area contributed by atoms with Gasteiger partial charge in [0.2, 0.25) is 11.8 Å². The Hall–Kier alpha value is -1.40. The largest absolute Gasteiger partial charge is 0.377 e. The van der Waals surface area contributed by atoms with E-state index >= 15 is 0 Å². The molecular weight excluding hydrogens is 300 g/mol. The van der Waals surface area contributed by atoms with Crippen LogP contribution < -0.4 is 5.32 Å². The number of thiophene rings is 1. The smallest absolute Gasteiger partial charge is 0.245 e. The summed E-state index contributed by atoms with van der Waals surface area (Å²) >= 11 is 1.74. The van der Waals surface area contributed by atoms with Gasteiger partial charge in [-0.05, 0) is 31.9 Å². The molecule has 2 rings (SSSR count). The van der Waals surface area contributed by atoms with E-state index in [9.17, 15) is 9.59 Å². The van der Waals surface area contributed by atoms with Crippen molar-refractivity contribution in [2.75, 3.05) is 19.8 Å². The minimum atomic E-state index is -0.527. The second-order valence-electron chi connectivity index (χ2n) is 5.64. The summed E-state index contributed by atoms with van der Waals surface area (Å²) in [6.07, 6.45) is 1.01. The number of nitrogens with one attached hydrogen (secondary N) is 1. The molecule has 2 amide bonds. The molecule has 5 nitrogen and oxygen atoms in total. The lowest BCUT2D eigenvalue weighted by atomic mass is 10.1. The molecule has 22 heavy (non-hydrogen) atoms. The number of ether oxygens (including phenoxy) is 1. The van der Waals surface area contributed by atoms with Gasteiger partial charge in [0.25, 0.3) is 0 Å². The monoisotopic (exact) mass is 324 g/mol. The number of rotatable bonds is 4. The van der Waals surface area contributed by atoms with Crippen molar-refractivity contribution in [3.63, 3.8) is 0 Å². The van der Waals surface area contributed by atoms with Gasteiger partial charge < -0.3 is 15.0 Å². The maximum absolute atomic E-state index is 12.5. The summed E-state index contributed by atoms with van der Waals surface area (Å²) in [6, 6.07) is 1.54. The van der Waals surface area contributed by atoms with Crippen molar-refractivity contribution < 1.29 is 14.3 Å². The van der Waals surface area contributed by atoms with Gasteiger partial charge in [0, 0.05) is 23.2 Å². The number of carbonyl (C=O) groups is 2. The third kappa shape index (κ3) is 3.67. The van der Waals surface area contributed by atoms with Crippen LogP contribution in [0.4, 0.5) is 0 Å². The number of nitrogens with zero attached hydrogens (tertiary/aromatic N) is 1. The van der Waals surface area contributed by atoms with Crippen molar-refractivity contribution >= 4 is 23.2 Å². The Morgan fingerprint density at radius 1 is 1.55 bits per heavy atom. The second-order valence-corrected chi connectivity index (χ2v) is 6.81. The fourth-order valence-electron chi connectivity index (χ4n) is 2.69. The third-order valence-corrected chi connectivity index (χ3v) is 5.55. The van der Waals surface area contributed by atoms with E-state index in [1.807, 2.05) is 6.92 Å². The first-order valence-electron chi connectivity index (χ1n) is 7.68. The zero-order valence-electron chi connectivity index (χ0n) is 13.6. The average molecular weight is 324 g/mol. The van der Waals surface area contributed by atoms with E-state index in [1.165, 1.54) is 17.4 Å². The Balaban J connectivity index is 2.04. The standard InChI is InChI=1S/C16H24N2O3S/c1-5-14-10(2)8-15(22-14)11(3)17-16(20)13-9-21-7-6-18(13)12(4)19/h8,11,13H,5-7,9H2,1-4H3,(H,17,20)/t11-,13+/m1/s1. The first-order valence-corrected chi connectivity index (χ1v) is 8.50. The highest BCUT2D eigenvalue weighted by Gasteiger charge is 2.32. The molecule has 1 aromatic heterocycles. The molecule has 1 saturated heterocycles. The van der Waals surface area contributed by atoms with Gasteiger partial charge in [-0.15, -0.1) is 11.3 Å². The molecule has 0 bridgehead atoms. The van der Waals surface area contributed by atoms with Crippen molar-refractivity contribution in [2.45, 2.75) is 46.2 Å². The second kappa shape index (κ2) is 7.24. The first kappa shape index (κ1) is 17.0. The molecule has 2 atom stereocenters. The lowest BCUT2D eigenvalue weighted by Gasteiger charge is -2.34. The minimum Gasteiger partial charge on any atom is -0.377 e. The highest BCUT2D eigenvalue weighted by Crippen LogP contribution is 2.27. The summed E-state index contributed by atoms with van der Waals surface area (Å²) in [4.78, 5) is 28.2. The topological polar surface area (TPSA) is 58.6 Å². The Kier molecular flexibility index (Phi) is 5.58. The lowest BCUT2D eigenvalue weighted by molar-refractivity contribution is -0.147. The molecule has 0 aromatic carbocycles. The van der Waals surface area contributed by atoms with Crippen LogP contribution in [0, 0.1) is 6.92 Å². The molecular formula is C16H24N2O3S. The van der Waals surface area contributed by atoms with Gasteiger partial charge in [0.1, 0.15) is 6.04 Å². The maximum atomic E-state index is 12.5. The minimum absolute atomic E-state index is 0.0627. The molecule has 1 aromatic rings. The van der Waals surface area contributed by atoms with Gasteiger partial charge in [-0.25, -0.2) is 0 Å². The fourth-order valence-corrected chi connectivity index (χ4v) is 3.81. The summed E-state index contributed by atoms with van der Waals surface area (Å²) < 4.78 is 5.36. The van der Waals surface area contributed by atoms with Gasteiger partial charge in [0.05, 0.1) is 19.3 Å². The van der Waals surface area contributed by atoms with Crippen molar-refractivity contribution in [3.05, 3.63) is 21.4 Å². The molecule has 0 unspecified atom stereocenters. The van der Waals surface area contributed by atoms with Crippen molar-refractivity contribution in [2.24, 2.45) is 0 Å².